The summed E-state index contributed by atoms with van der Waals surface area (Å²) in [5.41, 5.74) is 0.309. The molecule has 1 aromatic heterocycles. The zero-order chi connectivity index (χ0) is 28.4. The summed E-state index contributed by atoms with van der Waals surface area (Å²) >= 11 is 9.72. The molecular formula is C30H34BrClF2N2O3. The minimum Gasteiger partial charge on any atom is -0.481 e. The molecule has 3 heterocycles. The van der Waals surface area contributed by atoms with Crippen LogP contribution < -0.4 is 9.47 Å². The summed E-state index contributed by atoms with van der Waals surface area (Å²) in [6, 6.07) is 19.8. The number of alkyl halides is 2. The van der Waals surface area contributed by atoms with Crippen molar-refractivity contribution in [3.63, 3.8) is 0 Å². The number of likely N-dealkylation sites (tertiary alicyclic amines) is 1. The topological polar surface area (TPSA) is 54.8 Å². The fraction of sp³-hybridized carbons (Fsp3) is 0.433. The average molecular weight is 624 g/mol. The van der Waals surface area contributed by atoms with E-state index in [4.69, 9.17) is 21.1 Å². The quantitative estimate of drug-likeness (QED) is 0.307. The molecule has 0 radical (unpaired) electrons. The number of hydrogen-bond donors (Lipinski definition) is 1. The van der Waals surface area contributed by atoms with Gasteiger partial charge < -0.3 is 19.5 Å². The van der Waals surface area contributed by atoms with Crippen LogP contribution in [0.25, 0.3) is 0 Å². The normalized spacial score (nSPS) is 25.3. The first-order chi connectivity index (χ1) is 18.7. The lowest BCUT2D eigenvalue weighted by molar-refractivity contribution is -0.106. The first-order valence-electron chi connectivity index (χ1n) is 13.1. The van der Waals surface area contributed by atoms with Gasteiger partial charge in [-0.05, 0) is 43.1 Å². The molecule has 3 atom stereocenters. The molecule has 3 aromatic rings. The van der Waals surface area contributed by atoms with E-state index in [1.807, 2.05) is 68.3 Å². The number of fused-ring (bicyclic) bond motifs is 3. The molecule has 2 aromatic carbocycles. The molecule has 0 amide bonds. The van der Waals surface area contributed by atoms with E-state index in [1.165, 1.54) is 7.11 Å². The Labute approximate surface area is 242 Å². The lowest BCUT2D eigenvalue weighted by atomic mass is 9.72. The SMILES string of the molecule is CC.CN1CC(C(F)F)C1.COc1nc(Cl)cc2c1C1(O)CCC(c3ccccc3)C1(c1ccc(Br)cc1)O2. The first-order valence-corrected chi connectivity index (χ1v) is 14.3. The summed E-state index contributed by atoms with van der Waals surface area (Å²) in [5.74, 6) is 0.432. The third-order valence-electron chi connectivity index (χ3n) is 7.62. The predicted molar refractivity (Wildman–Crippen MR) is 153 cm³/mol. The molecule has 2 aliphatic heterocycles. The first kappa shape index (κ1) is 29.7. The lowest BCUT2D eigenvalue weighted by Crippen LogP contribution is -2.48. The van der Waals surface area contributed by atoms with Gasteiger partial charge in [0.2, 0.25) is 12.3 Å². The van der Waals surface area contributed by atoms with E-state index in [0.717, 1.165) is 22.0 Å². The number of aliphatic hydroxyl groups is 1. The number of benzene rings is 2. The largest absolute Gasteiger partial charge is 0.481 e. The molecule has 1 saturated carbocycles. The van der Waals surface area contributed by atoms with Gasteiger partial charge in [-0.3, -0.25) is 0 Å². The van der Waals surface area contributed by atoms with Crippen LogP contribution in [0.3, 0.4) is 0 Å². The monoisotopic (exact) mass is 622 g/mol. The Morgan fingerprint density at radius 3 is 2.31 bits per heavy atom. The van der Waals surface area contributed by atoms with Crippen molar-refractivity contribution < 1.29 is 23.4 Å². The fourth-order valence-corrected chi connectivity index (χ4v) is 6.38. The minimum absolute atomic E-state index is 0.0502. The third-order valence-corrected chi connectivity index (χ3v) is 8.34. The summed E-state index contributed by atoms with van der Waals surface area (Å²) in [5, 5.41) is 12.5. The molecule has 1 N–H and O–H groups in total. The number of pyridine rings is 1. The Morgan fingerprint density at radius 1 is 1.13 bits per heavy atom. The van der Waals surface area contributed by atoms with Crippen molar-refractivity contribution in [2.75, 3.05) is 27.2 Å². The van der Waals surface area contributed by atoms with Crippen LogP contribution in [-0.4, -0.2) is 48.7 Å². The number of methoxy groups -OCH3 is 1. The van der Waals surface area contributed by atoms with E-state index in [-0.39, 0.29) is 17.0 Å². The van der Waals surface area contributed by atoms with Crippen LogP contribution in [0, 0.1) is 5.92 Å². The summed E-state index contributed by atoms with van der Waals surface area (Å²) in [6.45, 7) is 5.13. The predicted octanol–water partition coefficient (Wildman–Crippen LogP) is 7.40. The van der Waals surface area contributed by atoms with Crippen molar-refractivity contribution in [3.8, 4) is 11.6 Å². The Kier molecular flexibility index (Phi) is 9.21. The molecule has 6 rings (SSSR count). The van der Waals surface area contributed by atoms with Crippen molar-refractivity contribution in [2.24, 2.45) is 5.92 Å². The van der Waals surface area contributed by atoms with Crippen LogP contribution in [0.1, 0.15) is 49.3 Å². The van der Waals surface area contributed by atoms with Crippen LogP contribution in [0.2, 0.25) is 5.15 Å². The van der Waals surface area contributed by atoms with Gasteiger partial charge in [0.1, 0.15) is 16.5 Å². The summed E-state index contributed by atoms with van der Waals surface area (Å²) in [6.07, 6.45) is -0.817. The molecule has 2 fully saturated rings. The highest BCUT2D eigenvalue weighted by molar-refractivity contribution is 9.10. The zero-order valence-corrected chi connectivity index (χ0v) is 24.8. The van der Waals surface area contributed by atoms with Gasteiger partial charge >= 0.3 is 0 Å². The van der Waals surface area contributed by atoms with Crippen LogP contribution in [0.4, 0.5) is 8.78 Å². The Balaban J connectivity index is 0.000000301. The lowest BCUT2D eigenvalue weighted by Gasteiger charge is -2.40. The third kappa shape index (κ3) is 5.29. The molecular weight excluding hydrogens is 590 g/mol. The van der Waals surface area contributed by atoms with Crippen LogP contribution in [0.15, 0.2) is 65.1 Å². The van der Waals surface area contributed by atoms with E-state index < -0.39 is 17.6 Å². The molecule has 3 unspecified atom stereocenters. The molecule has 210 valence electrons. The summed E-state index contributed by atoms with van der Waals surface area (Å²) < 4.78 is 36.4. The number of rotatable bonds is 4. The number of aromatic nitrogens is 1. The number of halogens is 4. The van der Waals surface area contributed by atoms with Crippen LogP contribution in [0.5, 0.6) is 11.6 Å². The highest BCUT2D eigenvalue weighted by Gasteiger charge is 2.69. The van der Waals surface area contributed by atoms with Crippen LogP contribution >= 0.6 is 27.5 Å². The summed E-state index contributed by atoms with van der Waals surface area (Å²) in [4.78, 5) is 6.19. The van der Waals surface area contributed by atoms with E-state index >= 15 is 0 Å². The van der Waals surface area contributed by atoms with Gasteiger partial charge in [-0.2, -0.15) is 0 Å². The molecule has 1 aliphatic carbocycles. The molecule has 1 saturated heterocycles. The second kappa shape index (κ2) is 12.1. The second-order valence-electron chi connectivity index (χ2n) is 9.85. The molecule has 5 nitrogen and oxygen atoms in total. The van der Waals surface area contributed by atoms with E-state index in [9.17, 15) is 13.9 Å². The van der Waals surface area contributed by atoms with Gasteiger partial charge in [0.15, 0.2) is 5.60 Å². The van der Waals surface area contributed by atoms with Crippen molar-refractivity contribution in [2.45, 2.75) is 50.2 Å². The van der Waals surface area contributed by atoms with Gasteiger partial charge in [-0.1, -0.05) is 83.8 Å². The minimum atomic E-state index is -2.11. The van der Waals surface area contributed by atoms with E-state index in [1.54, 1.807) is 6.07 Å². The van der Waals surface area contributed by atoms with Crippen molar-refractivity contribution in [1.29, 1.82) is 0 Å². The Hall–Kier alpha value is -2.26. The summed E-state index contributed by atoms with van der Waals surface area (Å²) in [7, 11) is 3.38. The van der Waals surface area contributed by atoms with Crippen molar-refractivity contribution >= 4 is 27.5 Å². The van der Waals surface area contributed by atoms with Crippen molar-refractivity contribution in [3.05, 3.63) is 87.0 Å². The second-order valence-corrected chi connectivity index (χ2v) is 11.2. The average Bonchev–Trinajstić information content (AvgIpc) is 3.35. The Bertz CT molecular complexity index is 1260. The van der Waals surface area contributed by atoms with Gasteiger partial charge in [0.05, 0.1) is 12.7 Å². The maximum atomic E-state index is 12.2. The molecule has 9 heteroatoms. The van der Waals surface area contributed by atoms with Crippen LogP contribution in [-0.2, 0) is 11.2 Å². The molecule has 0 bridgehead atoms. The zero-order valence-electron chi connectivity index (χ0n) is 22.5. The maximum Gasteiger partial charge on any atom is 0.243 e. The standard InChI is InChI=1S/C23H19BrClNO3.C5H9F2N.C2H6/c1-28-21-20-18(13-19(25)26-21)29-23(15-7-9-16(24)10-8-15)17(11-12-22(20,23)27)14-5-3-2-4-6-14;1-8-2-4(3-8)5(6)7;1-2/h2-10,13,17,27H,11-12H2,1H3;4-5H,2-3H2,1H3;1-2H3. The number of ether oxygens (including phenoxy) is 2. The van der Waals surface area contributed by atoms with E-state index in [0.29, 0.717) is 36.7 Å². The van der Waals surface area contributed by atoms with Gasteiger partial charge in [0.25, 0.3) is 0 Å². The highest BCUT2D eigenvalue weighted by Crippen LogP contribution is 2.68. The highest BCUT2D eigenvalue weighted by atomic mass is 79.9. The molecule has 3 aliphatic rings. The fourth-order valence-electron chi connectivity index (χ4n) is 5.94. The molecule has 0 spiro atoms. The number of hydrogen-bond acceptors (Lipinski definition) is 5. The number of nitrogens with zero attached hydrogens (tertiary/aromatic N) is 2. The van der Waals surface area contributed by atoms with Gasteiger partial charge in [0, 0.05) is 35.5 Å². The Morgan fingerprint density at radius 2 is 1.77 bits per heavy atom. The van der Waals surface area contributed by atoms with Gasteiger partial charge in [-0.15, -0.1) is 0 Å². The van der Waals surface area contributed by atoms with Crippen molar-refractivity contribution in [1.82, 2.24) is 9.88 Å². The van der Waals surface area contributed by atoms with Gasteiger partial charge in [-0.25, -0.2) is 13.8 Å². The van der Waals surface area contributed by atoms with E-state index in [2.05, 4.69) is 33.0 Å². The smallest absolute Gasteiger partial charge is 0.243 e. The molecule has 39 heavy (non-hydrogen) atoms. The maximum absolute atomic E-state index is 12.2.